The molecule has 0 bridgehead atoms. The number of hydrogen-bond donors (Lipinski definition) is 3. The molecule has 1 amide bonds. The largest absolute Gasteiger partial charge is 0.382 e. The molecule has 0 radical (unpaired) electrons. The fourth-order valence-corrected chi connectivity index (χ4v) is 2.21. The minimum absolute atomic E-state index is 0.0333. The van der Waals surface area contributed by atoms with Crippen LogP contribution in [0.3, 0.4) is 0 Å². The van der Waals surface area contributed by atoms with Gasteiger partial charge in [-0.1, -0.05) is 19.1 Å². The minimum atomic E-state index is -0.0333. The zero-order valence-electron chi connectivity index (χ0n) is 17.0. The number of nitrogens with one attached hydrogen (secondary N) is 3. The predicted octanol–water partition coefficient (Wildman–Crippen LogP) is 1.93. The molecule has 7 heteroatoms. The molecular formula is C20H34N4O3. The number of carbonyl (C=O) groups excluding carboxylic acids is 1. The van der Waals surface area contributed by atoms with Gasteiger partial charge in [-0.05, 0) is 37.5 Å². The summed E-state index contributed by atoms with van der Waals surface area (Å²) in [5.74, 6) is 0.708. The van der Waals surface area contributed by atoms with Crippen molar-refractivity contribution in [3.8, 4) is 0 Å². The molecule has 0 fully saturated rings. The van der Waals surface area contributed by atoms with Crippen LogP contribution in [0.1, 0.15) is 42.6 Å². The van der Waals surface area contributed by atoms with Gasteiger partial charge in [0, 0.05) is 45.5 Å². The Morgan fingerprint density at radius 1 is 1.15 bits per heavy atom. The number of benzene rings is 1. The van der Waals surface area contributed by atoms with E-state index in [0.29, 0.717) is 31.9 Å². The Bertz CT molecular complexity index is 561. The average molecular weight is 379 g/mol. The second-order valence-corrected chi connectivity index (χ2v) is 6.29. The van der Waals surface area contributed by atoms with E-state index in [4.69, 9.17) is 9.47 Å². The highest BCUT2D eigenvalue weighted by atomic mass is 16.5. The number of methoxy groups -OCH3 is 1. The maximum Gasteiger partial charge on any atom is 0.251 e. The summed E-state index contributed by atoms with van der Waals surface area (Å²) in [6, 6.07) is 7.79. The lowest BCUT2D eigenvalue weighted by atomic mass is 10.1. The molecule has 0 saturated heterocycles. The lowest BCUT2D eigenvalue weighted by Gasteiger charge is -2.13. The van der Waals surface area contributed by atoms with Crippen molar-refractivity contribution >= 4 is 11.9 Å². The van der Waals surface area contributed by atoms with Gasteiger partial charge < -0.3 is 25.4 Å². The van der Waals surface area contributed by atoms with E-state index < -0.39 is 0 Å². The van der Waals surface area contributed by atoms with Gasteiger partial charge in [-0.25, -0.2) is 0 Å². The standard InChI is InChI=1S/C20H34N4O3/c1-5-16(2)24-19(25)18-9-7-17(8-10-18)15-23-20(21-3)22-11-6-12-27-14-13-26-4/h7-10,16H,5-6,11-15H2,1-4H3,(H,24,25)(H2,21,22,23). The summed E-state index contributed by atoms with van der Waals surface area (Å²) in [5, 5.41) is 9.48. The first-order valence-corrected chi connectivity index (χ1v) is 9.51. The molecule has 1 unspecified atom stereocenters. The maximum atomic E-state index is 12.1. The van der Waals surface area contributed by atoms with E-state index in [2.05, 4.69) is 27.9 Å². The minimum Gasteiger partial charge on any atom is -0.382 e. The van der Waals surface area contributed by atoms with Crippen LogP contribution in [0, 0.1) is 0 Å². The molecule has 7 nitrogen and oxygen atoms in total. The molecule has 0 spiro atoms. The Hall–Kier alpha value is -2.12. The van der Waals surface area contributed by atoms with Crippen molar-refractivity contribution < 1.29 is 14.3 Å². The van der Waals surface area contributed by atoms with Gasteiger partial charge in [-0.3, -0.25) is 9.79 Å². The van der Waals surface area contributed by atoms with Gasteiger partial charge in [-0.2, -0.15) is 0 Å². The van der Waals surface area contributed by atoms with Crippen molar-refractivity contribution in [2.24, 2.45) is 4.99 Å². The molecule has 1 atom stereocenters. The average Bonchev–Trinajstić information content (AvgIpc) is 2.69. The Morgan fingerprint density at radius 3 is 2.52 bits per heavy atom. The number of amides is 1. The van der Waals surface area contributed by atoms with E-state index in [-0.39, 0.29) is 11.9 Å². The zero-order valence-corrected chi connectivity index (χ0v) is 17.0. The molecule has 0 saturated carbocycles. The first kappa shape index (κ1) is 22.9. The monoisotopic (exact) mass is 378 g/mol. The molecule has 0 aliphatic carbocycles. The van der Waals surface area contributed by atoms with Crippen molar-refractivity contribution in [3.63, 3.8) is 0 Å². The first-order chi connectivity index (χ1) is 13.1. The van der Waals surface area contributed by atoms with Crippen molar-refractivity contribution in [1.29, 1.82) is 0 Å². The summed E-state index contributed by atoms with van der Waals surface area (Å²) >= 11 is 0. The Morgan fingerprint density at radius 2 is 1.89 bits per heavy atom. The summed E-state index contributed by atoms with van der Waals surface area (Å²) in [5.41, 5.74) is 1.76. The molecule has 27 heavy (non-hydrogen) atoms. The first-order valence-electron chi connectivity index (χ1n) is 9.51. The van der Waals surface area contributed by atoms with E-state index in [9.17, 15) is 4.79 Å². The fourth-order valence-electron chi connectivity index (χ4n) is 2.21. The third kappa shape index (κ3) is 9.96. The van der Waals surface area contributed by atoms with Crippen LogP contribution < -0.4 is 16.0 Å². The van der Waals surface area contributed by atoms with E-state index in [1.54, 1.807) is 14.2 Å². The number of ether oxygens (including phenoxy) is 2. The number of aliphatic imine (C=N–C) groups is 1. The molecule has 0 heterocycles. The summed E-state index contributed by atoms with van der Waals surface area (Å²) in [6.45, 7) is 7.39. The van der Waals surface area contributed by atoms with Gasteiger partial charge in [0.15, 0.2) is 5.96 Å². The maximum absolute atomic E-state index is 12.1. The number of rotatable bonds is 12. The van der Waals surface area contributed by atoms with Crippen LogP contribution in [-0.4, -0.2) is 58.4 Å². The highest BCUT2D eigenvalue weighted by Crippen LogP contribution is 2.05. The van der Waals surface area contributed by atoms with Gasteiger partial charge in [0.1, 0.15) is 0 Å². The number of hydrogen-bond acceptors (Lipinski definition) is 4. The van der Waals surface area contributed by atoms with Gasteiger partial charge in [-0.15, -0.1) is 0 Å². The highest BCUT2D eigenvalue weighted by Gasteiger charge is 2.08. The lowest BCUT2D eigenvalue weighted by Crippen LogP contribution is -2.37. The Labute approximate surface area is 162 Å². The number of carbonyl (C=O) groups is 1. The molecule has 0 aromatic heterocycles. The normalized spacial score (nSPS) is 12.5. The van der Waals surface area contributed by atoms with Crippen LogP contribution in [0.5, 0.6) is 0 Å². The third-order valence-electron chi connectivity index (χ3n) is 4.08. The van der Waals surface area contributed by atoms with Crippen molar-refractivity contribution in [2.45, 2.75) is 39.3 Å². The van der Waals surface area contributed by atoms with Gasteiger partial charge in [0.25, 0.3) is 5.91 Å². The van der Waals surface area contributed by atoms with Crippen molar-refractivity contribution in [1.82, 2.24) is 16.0 Å². The van der Waals surface area contributed by atoms with Gasteiger partial charge in [0.2, 0.25) is 0 Å². The van der Waals surface area contributed by atoms with Crippen LogP contribution in [0.25, 0.3) is 0 Å². The van der Waals surface area contributed by atoms with Crippen LogP contribution in [0.4, 0.5) is 0 Å². The molecule has 152 valence electrons. The summed E-state index contributed by atoms with van der Waals surface area (Å²) in [4.78, 5) is 16.3. The number of guanidine groups is 1. The molecule has 0 aliphatic rings. The summed E-state index contributed by atoms with van der Waals surface area (Å²) in [7, 11) is 3.41. The topological polar surface area (TPSA) is 84.0 Å². The Kier molecular flexibility index (Phi) is 11.9. The van der Waals surface area contributed by atoms with Crippen LogP contribution in [-0.2, 0) is 16.0 Å². The third-order valence-corrected chi connectivity index (χ3v) is 4.08. The predicted molar refractivity (Wildman–Crippen MR) is 109 cm³/mol. The molecule has 1 aromatic carbocycles. The van der Waals surface area contributed by atoms with Gasteiger partial charge >= 0.3 is 0 Å². The van der Waals surface area contributed by atoms with Crippen LogP contribution in [0.2, 0.25) is 0 Å². The van der Waals surface area contributed by atoms with Crippen molar-refractivity contribution in [3.05, 3.63) is 35.4 Å². The zero-order chi connectivity index (χ0) is 19.9. The lowest BCUT2D eigenvalue weighted by molar-refractivity contribution is 0.0698. The van der Waals surface area contributed by atoms with Crippen LogP contribution >= 0.6 is 0 Å². The fraction of sp³-hybridized carbons (Fsp3) is 0.600. The Balaban J connectivity index is 2.31. The van der Waals surface area contributed by atoms with E-state index in [1.807, 2.05) is 31.2 Å². The van der Waals surface area contributed by atoms with E-state index in [0.717, 1.165) is 30.9 Å². The molecule has 1 aromatic rings. The molecule has 3 N–H and O–H groups in total. The van der Waals surface area contributed by atoms with Gasteiger partial charge in [0.05, 0.1) is 13.2 Å². The van der Waals surface area contributed by atoms with E-state index in [1.165, 1.54) is 0 Å². The summed E-state index contributed by atoms with van der Waals surface area (Å²) < 4.78 is 10.4. The molecule has 0 aliphatic heterocycles. The molecular weight excluding hydrogens is 344 g/mol. The van der Waals surface area contributed by atoms with Crippen molar-refractivity contribution in [2.75, 3.05) is 40.5 Å². The number of nitrogens with zero attached hydrogens (tertiary/aromatic N) is 1. The highest BCUT2D eigenvalue weighted by molar-refractivity contribution is 5.94. The quantitative estimate of drug-likeness (QED) is 0.294. The molecule has 1 rings (SSSR count). The second kappa shape index (κ2) is 14.0. The smallest absolute Gasteiger partial charge is 0.251 e. The SMILES string of the molecule is CCC(C)NC(=O)c1ccc(CNC(=NC)NCCCOCCOC)cc1. The van der Waals surface area contributed by atoms with E-state index >= 15 is 0 Å². The second-order valence-electron chi connectivity index (χ2n) is 6.29. The summed E-state index contributed by atoms with van der Waals surface area (Å²) in [6.07, 6.45) is 1.81. The van der Waals surface area contributed by atoms with Crippen LogP contribution in [0.15, 0.2) is 29.3 Å².